The molecule has 124 valence electrons. The number of benzene rings is 2. The van der Waals surface area contributed by atoms with Crippen molar-refractivity contribution in [3.05, 3.63) is 65.2 Å². The minimum absolute atomic E-state index is 0.138. The van der Waals surface area contributed by atoms with Crippen LogP contribution in [0.2, 0.25) is 0 Å². The smallest absolute Gasteiger partial charge is 0.251 e. The number of carbonyl (C=O) groups is 1. The number of aromatic nitrogens is 2. The van der Waals surface area contributed by atoms with Gasteiger partial charge in [-0.05, 0) is 35.9 Å². The molecular weight excluding hydrogens is 309 g/mol. The minimum Gasteiger partial charge on any atom is -0.380 e. The number of hydrogen-bond acceptors (Lipinski definition) is 3. The molecule has 0 saturated carbocycles. The lowest BCUT2D eigenvalue weighted by Gasteiger charge is -2.05. The number of amides is 1. The molecule has 0 fully saturated rings. The van der Waals surface area contributed by atoms with Crippen LogP contribution in [0.25, 0.3) is 11.0 Å². The number of nitrogens with one attached hydrogen (secondary N) is 2. The first-order valence-corrected chi connectivity index (χ1v) is 7.66. The number of halogens is 1. The number of nitrogens with zero attached hydrogens (tertiary/aromatic N) is 1. The van der Waals surface area contributed by atoms with Crippen LogP contribution in [0.4, 0.5) is 4.39 Å². The van der Waals surface area contributed by atoms with Gasteiger partial charge in [0.05, 0.1) is 17.6 Å². The summed E-state index contributed by atoms with van der Waals surface area (Å²) >= 11 is 0. The molecule has 1 aromatic heterocycles. The molecule has 0 unspecified atom stereocenters. The molecule has 1 amide bonds. The fourth-order valence-electron chi connectivity index (χ4n) is 2.47. The molecule has 24 heavy (non-hydrogen) atoms. The third-order valence-electron chi connectivity index (χ3n) is 3.67. The van der Waals surface area contributed by atoms with Crippen molar-refractivity contribution >= 4 is 16.9 Å². The first-order chi connectivity index (χ1) is 11.7. The van der Waals surface area contributed by atoms with Gasteiger partial charge in [-0.1, -0.05) is 12.1 Å². The molecule has 0 aliphatic heterocycles. The van der Waals surface area contributed by atoms with E-state index in [2.05, 4.69) is 15.3 Å². The average Bonchev–Trinajstić information content (AvgIpc) is 2.97. The first kappa shape index (κ1) is 16.1. The van der Waals surface area contributed by atoms with E-state index in [1.54, 1.807) is 25.3 Å². The molecular formula is C18H18FN3O2. The monoisotopic (exact) mass is 327 g/mol. The van der Waals surface area contributed by atoms with Crippen LogP contribution in [0.5, 0.6) is 0 Å². The van der Waals surface area contributed by atoms with E-state index in [1.165, 1.54) is 12.1 Å². The van der Waals surface area contributed by atoms with E-state index in [9.17, 15) is 9.18 Å². The van der Waals surface area contributed by atoms with Crippen LogP contribution in [0, 0.1) is 5.82 Å². The molecule has 3 rings (SSSR count). The maximum Gasteiger partial charge on any atom is 0.251 e. The third-order valence-corrected chi connectivity index (χ3v) is 3.67. The van der Waals surface area contributed by atoms with Crippen molar-refractivity contribution in [2.24, 2.45) is 0 Å². The number of methoxy groups -OCH3 is 1. The molecule has 0 aliphatic rings. The Balaban J connectivity index is 1.55. The number of fused-ring (bicyclic) bond motifs is 1. The molecule has 0 radical (unpaired) electrons. The second-order valence-electron chi connectivity index (χ2n) is 5.48. The standard InChI is InChI=1S/C18H18FN3O2/c1-24-11-12-2-4-13(5-3-12)18(23)20-9-8-17-21-15-7-6-14(19)10-16(15)22-17/h2-7,10H,8-9,11H2,1H3,(H,20,23)(H,21,22). The van der Waals surface area contributed by atoms with E-state index < -0.39 is 0 Å². The quantitative estimate of drug-likeness (QED) is 0.731. The predicted molar refractivity (Wildman–Crippen MR) is 89.2 cm³/mol. The van der Waals surface area contributed by atoms with Crippen molar-refractivity contribution in [1.82, 2.24) is 15.3 Å². The van der Waals surface area contributed by atoms with Crippen molar-refractivity contribution in [3.63, 3.8) is 0 Å². The summed E-state index contributed by atoms with van der Waals surface area (Å²) in [6.07, 6.45) is 0.545. The SMILES string of the molecule is COCc1ccc(C(=O)NCCc2nc3ccc(F)cc3[nH]2)cc1. The van der Waals surface area contributed by atoms with Crippen molar-refractivity contribution in [2.45, 2.75) is 13.0 Å². The Kier molecular flexibility index (Phi) is 4.86. The van der Waals surface area contributed by atoms with Gasteiger partial charge in [0.1, 0.15) is 11.6 Å². The molecule has 1 heterocycles. The lowest BCUT2D eigenvalue weighted by molar-refractivity contribution is 0.0954. The predicted octanol–water partition coefficient (Wildman–Crippen LogP) is 2.82. The summed E-state index contributed by atoms with van der Waals surface area (Å²) in [6.45, 7) is 0.968. The molecule has 0 atom stereocenters. The number of aromatic amines is 1. The number of H-pyrrole nitrogens is 1. The average molecular weight is 327 g/mol. The minimum atomic E-state index is -0.303. The van der Waals surface area contributed by atoms with E-state index >= 15 is 0 Å². The summed E-state index contributed by atoms with van der Waals surface area (Å²) < 4.78 is 18.2. The lowest BCUT2D eigenvalue weighted by Crippen LogP contribution is -2.25. The Morgan fingerprint density at radius 3 is 2.79 bits per heavy atom. The molecule has 0 spiro atoms. The highest BCUT2D eigenvalue weighted by molar-refractivity contribution is 5.94. The van der Waals surface area contributed by atoms with Crippen molar-refractivity contribution in [2.75, 3.05) is 13.7 Å². The molecule has 2 N–H and O–H groups in total. The largest absolute Gasteiger partial charge is 0.380 e. The highest BCUT2D eigenvalue weighted by atomic mass is 19.1. The number of rotatable bonds is 6. The Bertz CT molecular complexity index is 843. The van der Waals surface area contributed by atoms with Gasteiger partial charge < -0.3 is 15.0 Å². The number of hydrogen-bond donors (Lipinski definition) is 2. The van der Waals surface area contributed by atoms with Crippen LogP contribution in [0.3, 0.4) is 0 Å². The summed E-state index contributed by atoms with van der Waals surface area (Å²) in [5.41, 5.74) is 2.99. The van der Waals surface area contributed by atoms with E-state index in [4.69, 9.17) is 4.74 Å². The number of imidazole rings is 1. The fourth-order valence-corrected chi connectivity index (χ4v) is 2.47. The second kappa shape index (κ2) is 7.23. The molecule has 0 aliphatic carbocycles. The Morgan fingerprint density at radius 2 is 2.04 bits per heavy atom. The van der Waals surface area contributed by atoms with Crippen LogP contribution in [0.15, 0.2) is 42.5 Å². The van der Waals surface area contributed by atoms with Gasteiger partial charge in [-0.25, -0.2) is 9.37 Å². The fraction of sp³-hybridized carbons (Fsp3) is 0.222. The number of carbonyl (C=O) groups excluding carboxylic acids is 1. The van der Waals surface area contributed by atoms with Crippen LogP contribution in [0.1, 0.15) is 21.7 Å². The molecule has 5 nitrogen and oxygen atoms in total. The Morgan fingerprint density at radius 1 is 1.25 bits per heavy atom. The van der Waals surface area contributed by atoms with Gasteiger partial charge >= 0.3 is 0 Å². The highest BCUT2D eigenvalue weighted by Gasteiger charge is 2.07. The molecule has 0 saturated heterocycles. The van der Waals surface area contributed by atoms with E-state index in [0.29, 0.717) is 42.0 Å². The zero-order valence-corrected chi connectivity index (χ0v) is 13.3. The summed E-state index contributed by atoms with van der Waals surface area (Å²) in [7, 11) is 1.63. The maximum absolute atomic E-state index is 13.2. The van der Waals surface area contributed by atoms with Gasteiger partial charge in [-0.15, -0.1) is 0 Å². The van der Waals surface area contributed by atoms with Gasteiger partial charge in [0, 0.05) is 25.6 Å². The zero-order valence-electron chi connectivity index (χ0n) is 13.3. The topological polar surface area (TPSA) is 67.0 Å². The lowest BCUT2D eigenvalue weighted by atomic mass is 10.1. The van der Waals surface area contributed by atoms with Crippen molar-refractivity contribution in [3.8, 4) is 0 Å². The van der Waals surface area contributed by atoms with Gasteiger partial charge in [0.15, 0.2) is 0 Å². The third kappa shape index (κ3) is 3.78. The van der Waals surface area contributed by atoms with E-state index in [0.717, 1.165) is 5.56 Å². The van der Waals surface area contributed by atoms with Crippen molar-refractivity contribution in [1.29, 1.82) is 0 Å². The molecule has 2 aromatic carbocycles. The summed E-state index contributed by atoms with van der Waals surface area (Å²) in [4.78, 5) is 19.5. The summed E-state index contributed by atoms with van der Waals surface area (Å²) in [5, 5.41) is 2.85. The van der Waals surface area contributed by atoms with Crippen molar-refractivity contribution < 1.29 is 13.9 Å². The van der Waals surface area contributed by atoms with Gasteiger partial charge in [-0.2, -0.15) is 0 Å². The van der Waals surface area contributed by atoms with Crippen LogP contribution in [-0.4, -0.2) is 29.5 Å². The molecule has 3 aromatic rings. The van der Waals surface area contributed by atoms with Gasteiger partial charge in [0.2, 0.25) is 0 Å². The van der Waals surface area contributed by atoms with Crippen LogP contribution >= 0.6 is 0 Å². The second-order valence-corrected chi connectivity index (χ2v) is 5.48. The normalized spacial score (nSPS) is 10.9. The summed E-state index contributed by atoms with van der Waals surface area (Å²) in [5.74, 6) is 0.274. The Hall–Kier alpha value is -2.73. The van der Waals surface area contributed by atoms with Gasteiger partial charge in [0.25, 0.3) is 5.91 Å². The zero-order chi connectivity index (χ0) is 16.9. The number of ether oxygens (including phenoxy) is 1. The van der Waals surface area contributed by atoms with Gasteiger partial charge in [-0.3, -0.25) is 4.79 Å². The molecule has 6 heteroatoms. The Labute approximate surface area is 138 Å². The highest BCUT2D eigenvalue weighted by Crippen LogP contribution is 2.13. The first-order valence-electron chi connectivity index (χ1n) is 7.66. The van der Waals surface area contributed by atoms with Crippen LogP contribution < -0.4 is 5.32 Å². The maximum atomic E-state index is 13.2. The van der Waals surface area contributed by atoms with E-state index in [-0.39, 0.29) is 11.7 Å². The van der Waals surface area contributed by atoms with E-state index in [1.807, 2.05) is 12.1 Å². The molecule has 0 bridgehead atoms. The summed E-state index contributed by atoms with van der Waals surface area (Å²) in [6, 6.07) is 11.7. The van der Waals surface area contributed by atoms with Crippen LogP contribution in [-0.2, 0) is 17.8 Å².